The topological polar surface area (TPSA) is 76.1 Å². The predicted octanol–water partition coefficient (Wildman–Crippen LogP) is 2.17. The molecular formula is C16H20BrNO5. The first-order valence-corrected chi connectivity index (χ1v) is 8.15. The van der Waals surface area contributed by atoms with Crippen molar-refractivity contribution in [2.75, 3.05) is 33.4 Å². The third-order valence-electron chi connectivity index (χ3n) is 3.96. The summed E-state index contributed by atoms with van der Waals surface area (Å²) >= 11 is 3.34. The summed E-state index contributed by atoms with van der Waals surface area (Å²) in [5.41, 5.74) is -1.03. The lowest BCUT2D eigenvalue weighted by Crippen LogP contribution is -2.53. The number of rotatable bonds is 6. The Morgan fingerprint density at radius 3 is 2.87 bits per heavy atom. The van der Waals surface area contributed by atoms with Gasteiger partial charge in [0.15, 0.2) is 6.61 Å². The minimum Gasteiger partial charge on any atom is -0.484 e. The van der Waals surface area contributed by atoms with Gasteiger partial charge in [0.05, 0.1) is 6.61 Å². The summed E-state index contributed by atoms with van der Waals surface area (Å²) in [6, 6.07) is 7.22. The molecule has 0 radical (unpaired) electrons. The van der Waals surface area contributed by atoms with Crippen LogP contribution in [0.25, 0.3) is 0 Å². The highest BCUT2D eigenvalue weighted by Crippen LogP contribution is 2.31. The Morgan fingerprint density at radius 1 is 1.43 bits per heavy atom. The van der Waals surface area contributed by atoms with Crippen molar-refractivity contribution < 1.29 is 24.2 Å². The SMILES string of the molecule is COCC1(C(=O)O)CCCN(C(=O)COc2cccc(Br)c2)C1. The molecule has 1 amide bonds. The average Bonchev–Trinajstić information content (AvgIpc) is 2.53. The maximum absolute atomic E-state index is 12.3. The van der Waals surface area contributed by atoms with Gasteiger partial charge < -0.3 is 19.5 Å². The Labute approximate surface area is 143 Å². The normalized spacial score (nSPS) is 21.0. The molecule has 23 heavy (non-hydrogen) atoms. The highest BCUT2D eigenvalue weighted by molar-refractivity contribution is 9.10. The highest BCUT2D eigenvalue weighted by Gasteiger charge is 2.43. The second-order valence-electron chi connectivity index (χ2n) is 5.68. The molecule has 1 fully saturated rings. The number of carbonyl (C=O) groups is 2. The van der Waals surface area contributed by atoms with E-state index in [-0.39, 0.29) is 25.7 Å². The number of likely N-dealkylation sites (tertiary alicyclic amines) is 1. The van der Waals surface area contributed by atoms with E-state index in [2.05, 4.69) is 15.9 Å². The van der Waals surface area contributed by atoms with E-state index in [1.165, 1.54) is 7.11 Å². The third kappa shape index (κ3) is 4.45. The van der Waals surface area contributed by atoms with Crippen LogP contribution in [0.3, 0.4) is 0 Å². The number of amides is 1. The van der Waals surface area contributed by atoms with E-state index in [0.29, 0.717) is 25.1 Å². The number of nitrogens with zero attached hydrogens (tertiary/aromatic N) is 1. The Bertz CT molecular complexity index is 575. The maximum Gasteiger partial charge on any atom is 0.313 e. The van der Waals surface area contributed by atoms with Gasteiger partial charge in [-0.15, -0.1) is 0 Å². The first kappa shape index (κ1) is 17.7. The van der Waals surface area contributed by atoms with E-state index >= 15 is 0 Å². The summed E-state index contributed by atoms with van der Waals surface area (Å²) in [7, 11) is 1.47. The number of methoxy groups -OCH3 is 1. The van der Waals surface area contributed by atoms with Gasteiger partial charge >= 0.3 is 5.97 Å². The highest BCUT2D eigenvalue weighted by atomic mass is 79.9. The van der Waals surface area contributed by atoms with Gasteiger partial charge in [-0.1, -0.05) is 22.0 Å². The molecular weight excluding hydrogens is 366 g/mol. The van der Waals surface area contributed by atoms with Gasteiger partial charge in [0.2, 0.25) is 0 Å². The van der Waals surface area contributed by atoms with E-state index in [1.54, 1.807) is 17.0 Å². The van der Waals surface area contributed by atoms with Crippen LogP contribution in [0.2, 0.25) is 0 Å². The van der Waals surface area contributed by atoms with E-state index in [0.717, 1.165) is 4.47 Å². The number of ether oxygens (including phenoxy) is 2. The summed E-state index contributed by atoms with van der Waals surface area (Å²) in [6.45, 7) is 0.675. The fourth-order valence-electron chi connectivity index (χ4n) is 2.77. The fourth-order valence-corrected chi connectivity index (χ4v) is 3.15. The zero-order valence-corrected chi connectivity index (χ0v) is 14.5. The van der Waals surface area contributed by atoms with Gasteiger partial charge in [-0.2, -0.15) is 0 Å². The lowest BCUT2D eigenvalue weighted by atomic mass is 9.80. The minimum absolute atomic E-state index is 0.0958. The number of hydrogen-bond donors (Lipinski definition) is 1. The molecule has 1 aromatic rings. The largest absolute Gasteiger partial charge is 0.484 e. The first-order valence-electron chi connectivity index (χ1n) is 7.35. The van der Waals surface area contributed by atoms with Crippen LogP contribution in [0.5, 0.6) is 5.75 Å². The van der Waals surface area contributed by atoms with Crippen molar-refractivity contribution in [2.24, 2.45) is 5.41 Å². The number of piperidine rings is 1. The summed E-state index contributed by atoms with van der Waals surface area (Å²) in [5, 5.41) is 9.50. The zero-order chi connectivity index (χ0) is 16.9. The second kappa shape index (κ2) is 7.79. The van der Waals surface area contributed by atoms with E-state index in [1.807, 2.05) is 12.1 Å². The number of aliphatic carboxylic acids is 1. The molecule has 0 saturated carbocycles. The van der Waals surface area contributed by atoms with Crippen LogP contribution < -0.4 is 4.74 Å². The standard InChI is InChI=1S/C16H20BrNO5/c1-22-11-16(15(20)21)6-3-7-18(10-16)14(19)9-23-13-5-2-4-12(17)8-13/h2,4-5,8H,3,6-7,9-11H2,1H3,(H,20,21). The third-order valence-corrected chi connectivity index (χ3v) is 4.46. The molecule has 0 aliphatic carbocycles. The second-order valence-corrected chi connectivity index (χ2v) is 6.60. The predicted molar refractivity (Wildman–Crippen MR) is 87.4 cm³/mol. The molecule has 1 aliphatic rings. The minimum atomic E-state index is -1.03. The quantitative estimate of drug-likeness (QED) is 0.811. The lowest BCUT2D eigenvalue weighted by Gasteiger charge is -2.39. The lowest BCUT2D eigenvalue weighted by molar-refractivity contribution is -0.159. The van der Waals surface area contributed by atoms with Crippen LogP contribution in [0.15, 0.2) is 28.7 Å². The molecule has 1 unspecified atom stereocenters. The van der Waals surface area contributed by atoms with Crippen molar-refractivity contribution in [2.45, 2.75) is 12.8 Å². The molecule has 2 rings (SSSR count). The van der Waals surface area contributed by atoms with Gasteiger partial charge in [-0.25, -0.2) is 0 Å². The fraction of sp³-hybridized carbons (Fsp3) is 0.500. The molecule has 0 spiro atoms. The van der Waals surface area contributed by atoms with Crippen molar-refractivity contribution in [3.63, 3.8) is 0 Å². The van der Waals surface area contributed by atoms with Crippen molar-refractivity contribution in [1.82, 2.24) is 4.90 Å². The van der Waals surface area contributed by atoms with Crippen LogP contribution in [-0.2, 0) is 14.3 Å². The monoisotopic (exact) mass is 385 g/mol. The number of carboxylic acid groups (broad SMARTS) is 1. The number of halogens is 1. The van der Waals surface area contributed by atoms with Gasteiger partial charge in [0.25, 0.3) is 5.91 Å². The van der Waals surface area contributed by atoms with Crippen LogP contribution in [0.4, 0.5) is 0 Å². The van der Waals surface area contributed by atoms with Gasteiger partial charge in [-0.3, -0.25) is 9.59 Å². The summed E-state index contributed by atoms with van der Waals surface area (Å²) in [4.78, 5) is 25.5. The smallest absolute Gasteiger partial charge is 0.313 e. The molecule has 7 heteroatoms. The van der Waals surface area contributed by atoms with Crippen LogP contribution in [-0.4, -0.2) is 55.3 Å². The Morgan fingerprint density at radius 2 is 2.22 bits per heavy atom. The van der Waals surface area contributed by atoms with Crippen LogP contribution >= 0.6 is 15.9 Å². The molecule has 1 N–H and O–H groups in total. The zero-order valence-electron chi connectivity index (χ0n) is 13.0. The van der Waals surface area contributed by atoms with Crippen LogP contribution in [0, 0.1) is 5.41 Å². The van der Waals surface area contributed by atoms with Crippen molar-refractivity contribution in [3.8, 4) is 5.75 Å². The number of hydrogen-bond acceptors (Lipinski definition) is 4. The van der Waals surface area contributed by atoms with Crippen molar-refractivity contribution in [3.05, 3.63) is 28.7 Å². The number of carbonyl (C=O) groups excluding carboxylic acids is 1. The molecule has 126 valence electrons. The molecule has 0 aromatic heterocycles. The number of carboxylic acids is 1. The van der Waals surface area contributed by atoms with Crippen molar-refractivity contribution >= 4 is 27.8 Å². The summed E-state index contributed by atoms with van der Waals surface area (Å²) < 4.78 is 11.4. The Balaban J connectivity index is 1.97. The van der Waals surface area contributed by atoms with Crippen LogP contribution in [0.1, 0.15) is 12.8 Å². The van der Waals surface area contributed by atoms with E-state index < -0.39 is 11.4 Å². The molecule has 1 aliphatic heterocycles. The van der Waals surface area contributed by atoms with E-state index in [9.17, 15) is 14.7 Å². The molecule has 1 atom stereocenters. The molecule has 1 heterocycles. The molecule has 6 nitrogen and oxygen atoms in total. The van der Waals surface area contributed by atoms with Gasteiger partial charge in [0, 0.05) is 24.7 Å². The van der Waals surface area contributed by atoms with Gasteiger partial charge in [-0.05, 0) is 31.0 Å². The Hall–Kier alpha value is -1.60. The van der Waals surface area contributed by atoms with E-state index in [4.69, 9.17) is 9.47 Å². The maximum atomic E-state index is 12.3. The van der Waals surface area contributed by atoms with Gasteiger partial charge in [0.1, 0.15) is 11.2 Å². The number of benzene rings is 1. The molecule has 0 bridgehead atoms. The van der Waals surface area contributed by atoms with Crippen molar-refractivity contribution in [1.29, 1.82) is 0 Å². The average molecular weight is 386 g/mol. The summed E-state index contributed by atoms with van der Waals surface area (Å²) in [5.74, 6) is -0.553. The molecule has 1 aromatic carbocycles. The Kier molecular flexibility index (Phi) is 6.01. The summed E-state index contributed by atoms with van der Waals surface area (Å²) in [6.07, 6.45) is 1.14. The molecule has 1 saturated heterocycles. The first-order chi connectivity index (χ1) is 11.0.